The summed E-state index contributed by atoms with van der Waals surface area (Å²) in [5, 5.41) is 4.48. The Morgan fingerprint density at radius 3 is 2.81 bits per heavy atom. The van der Waals surface area contributed by atoms with Crippen LogP contribution in [0.5, 0.6) is 5.75 Å². The highest BCUT2D eigenvalue weighted by Gasteiger charge is 2.28. The number of hydrogen-bond acceptors (Lipinski definition) is 4. The lowest BCUT2D eigenvalue weighted by Gasteiger charge is -2.31. The van der Waals surface area contributed by atoms with Crippen LogP contribution in [0.25, 0.3) is 0 Å². The third kappa shape index (κ3) is 2.89. The molecule has 0 fully saturated rings. The van der Waals surface area contributed by atoms with Crippen LogP contribution in [0.2, 0.25) is 0 Å². The molecule has 0 spiro atoms. The zero-order chi connectivity index (χ0) is 18.3. The smallest absolute Gasteiger partial charge is 0.267 e. The van der Waals surface area contributed by atoms with Crippen molar-refractivity contribution in [1.82, 2.24) is 14.7 Å². The van der Waals surface area contributed by atoms with E-state index in [-0.39, 0.29) is 11.5 Å². The summed E-state index contributed by atoms with van der Waals surface area (Å²) in [6, 6.07) is 7.03. The Morgan fingerprint density at radius 2 is 2.00 bits per heavy atom. The molecule has 1 unspecified atom stereocenters. The number of ether oxygens (including phenoxy) is 1. The fourth-order valence-corrected chi connectivity index (χ4v) is 3.91. The van der Waals surface area contributed by atoms with Crippen LogP contribution < -0.4 is 10.3 Å². The summed E-state index contributed by atoms with van der Waals surface area (Å²) in [7, 11) is 1.66. The van der Waals surface area contributed by atoms with Gasteiger partial charge in [0.1, 0.15) is 11.8 Å². The molecule has 2 heterocycles. The van der Waals surface area contributed by atoms with Crippen LogP contribution in [-0.2, 0) is 30.6 Å². The Kier molecular flexibility index (Phi) is 4.26. The molecule has 1 aliphatic carbocycles. The first-order chi connectivity index (χ1) is 12.6. The molecule has 4 rings (SSSR count). The second kappa shape index (κ2) is 6.59. The van der Waals surface area contributed by atoms with E-state index in [1.165, 1.54) is 10.2 Å². The molecule has 1 aromatic heterocycles. The van der Waals surface area contributed by atoms with Gasteiger partial charge in [0, 0.05) is 19.2 Å². The first-order valence-corrected chi connectivity index (χ1v) is 9.13. The highest BCUT2D eigenvalue weighted by molar-refractivity contribution is 5.80. The lowest BCUT2D eigenvalue weighted by Crippen LogP contribution is -2.42. The maximum atomic E-state index is 13.0. The number of carbonyl (C=O) groups is 1. The Balaban J connectivity index is 1.55. The average molecular weight is 353 g/mol. The predicted molar refractivity (Wildman–Crippen MR) is 97.3 cm³/mol. The summed E-state index contributed by atoms with van der Waals surface area (Å²) in [5.74, 6) is 0.782. The molecule has 1 aromatic carbocycles. The van der Waals surface area contributed by atoms with E-state index in [2.05, 4.69) is 5.10 Å². The van der Waals surface area contributed by atoms with Gasteiger partial charge in [-0.2, -0.15) is 5.10 Å². The number of hydrogen-bond donors (Lipinski definition) is 0. The normalized spacial score (nSPS) is 16.8. The topological polar surface area (TPSA) is 64.4 Å². The predicted octanol–water partition coefficient (Wildman–Crippen LogP) is 1.89. The van der Waals surface area contributed by atoms with Crippen LogP contribution in [0.4, 0.5) is 0 Å². The van der Waals surface area contributed by atoms with E-state index in [0.29, 0.717) is 13.1 Å². The van der Waals surface area contributed by atoms with Gasteiger partial charge in [0.2, 0.25) is 5.91 Å². The molecular formula is C20H23N3O3. The van der Waals surface area contributed by atoms with Crippen LogP contribution in [0.1, 0.15) is 41.8 Å². The van der Waals surface area contributed by atoms with E-state index in [9.17, 15) is 9.59 Å². The largest absolute Gasteiger partial charge is 0.497 e. The molecule has 6 heteroatoms. The maximum Gasteiger partial charge on any atom is 0.267 e. The van der Waals surface area contributed by atoms with Crippen molar-refractivity contribution < 1.29 is 9.53 Å². The minimum Gasteiger partial charge on any atom is -0.497 e. The van der Waals surface area contributed by atoms with Gasteiger partial charge in [-0.15, -0.1) is 0 Å². The zero-order valence-corrected chi connectivity index (χ0v) is 15.2. The quantitative estimate of drug-likeness (QED) is 0.845. The van der Waals surface area contributed by atoms with Gasteiger partial charge < -0.3 is 9.64 Å². The van der Waals surface area contributed by atoms with Crippen molar-refractivity contribution in [3.63, 3.8) is 0 Å². The molecule has 1 aliphatic heterocycles. The minimum absolute atomic E-state index is 0.0565. The van der Waals surface area contributed by atoms with Crippen molar-refractivity contribution in [3.8, 4) is 5.75 Å². The van der Waals surface area contributed by atoms with Gasteiger partial charge in [-0.25, -0.2) is 4.68 Å². The second-order valence-corrected chi connectivity index (χ2v) is 7.07. The fraction of sp³-hybridized carbons (Fsp3) is 0.450. The maximum absolute atomic E-state index is 13.0. The third-order valence-corrected chi connectivity index (χ3v) is 5.44. The number of carbonyl (C=O) groups excluding carboxylic acids is 1. The van der Waals surface area contributed by atoms with Crippen LogP contribution in [0, 0.1) is 0 Å². The molecule has 2 aromatic rings. The van der Waals surface area contributed by atoms with Crippen molar-refractivity contribution in [2.24, 2.45) is 0 Å². The molecule has 1 atom stereocenters. The van der Waals surface area contributed by atoms with Crippen molar-refractivity contribution in [2.45, 2.75) is 45.2 Å². The summed E-state index contributed by atoms with van der Waals surface area (Å²) < 4.78 is 6.63. The SMILES string of the molecule is COc1ccc2c(c1)CCN(C(=O)C(C)n1nc3c(cc1=O)CCC3)C2. The van der Waals surface area contributed by atoms with E-state index in [1.54, 1.807) is 20.1 Å². The van der Waals surface area contributed by atoms with Crippen LogP contribution in [0.15, 0.2) is 29.1 Å². The van der Waals surface area contributed by atoms with Gasteiger partial charge in [-0.1, -0.05) is 6.07 Å². The Morgan fingerprint density at radius 1 is 1.15 bits per heavy atom. The molecule has 0 saturated heterocycles. The lowest BCUT2D eigenvalue weighted by molar-refractivity contribution is -0.135. The van der Waals surface area contributed by atoms with Crippen molar-refractivity contribution >= 4 is 5.91 Å². The van der Waals surface area contributed by atoms with Gasteiger partial charge >= 0.3 is 0 Å². The summed E-state index contributed by atoms with van der Waals surface area (Å²) in [5.41, 5.74) is 4.15. The van der Waals surface area contributed by atoms with Gasteiger partial charge in [0.15, 0.2) is 0 Å². The molecular weight excluding hydrogens is 330 g/mol. The van der Waals surface area contributed by atoms with E-state index < -0.39 is 6.04 Å². The highest BCUT2D eigenvalue weighted by Crippen LogP contribution is 2.25. The first-order valence-electron chi connectivity index (χ1n) is 9.13. The number of benzene rings is 1. The molecule has 1 amide bonds. The Bertz CT molecular complexity index is 919. The number of rotatable bonds is 3. The van der Waals surface area contributed by atoms with E-state index >= 15 is 0 Å². The molecule has 26 heavy (non-hydrogen) atoms. The Hall–Kier alpha value is -2.63. The van der Waals surface area contributed by atoms with Gasteiger partial charge in [-0.05, 0) is 61.4 Å². The highest BCUT2D eigenvalue weighted by atomic mass is 16.5. The number of aromatic nitrogens is 2. The summed E-state index contributed by atoms with van der Waals surface area (Å²) in [6.07, 6.45) is 3.61. The number of fused-ring (bicyclic) bond motifs is 2. The molecule has 0 saturated carbocycles. The molecule has 0 radical (unpaired) electrons. The molecule has 136 valence electrons. The molecule has 0 bridgehead atoms. The first kappa shape index (κ1) is 16.8. The third-order valence-electron chi connectivity index (χ3n) is 5.44. The summed E-state index contributed by atoms with van der Waals surface area (Å²) in [4.78, 5) is 27.2. The standard InChI is InChI=1S/C20H23N3O3/c1-13(23-19(24)11-15-4-3-5-18(15)21-23)20(25)22-9-8-14-10-17(26-2)7-6-16(14)12-22/h6-7,10-11,13H,3-5,8-9,12H2,1-2H3. The second-order valence-electron chi connectivity index (χ2n) is 7.07. The molecule has 2 aliphatic rings. The van der Waals surface area contributed by atoms with Crippen molar-refractivity contribution in [3.05, 3.63) is 57.0 Å². The van der Waals surface area contributed by atoms with E-state index in [1.807, 2.05) is 23.1 Å². The van der Waals surface area contributed by atoms with Gasteiger partial charge in [-0.3, -0.25) is 9.59 Å². The van der Waals surface area contributed by atoms with E-state index in [4.69, 9.17) is 4.74 Å². The number of aryl methyl sites for hydroxylation is 2. The molecule has 0 N–H and O–H groups in total. The minimum atomic E-state index is -0.590. The summed E-state index contributed by atoms with van der Waals surface area (Å²) >= 11 is 0. The van der Waals surface area contributed by atoms with Crippen LogP contribution in [0.3, 0.4) is 0 Å². The average Bonchev–Trinajstić information content (AvgIpc) is 3.12. The van der Waals surface area contributed by atoms with Crippen molar-refractivity contribution in [1.29, 1.82) is 0 Å². The summed E-state index contributed by atoms with van der Waals surface area (Å²) in [6.45, 7) is 2.97. The zero-order valence-electron chi connectivity index (χ0n) is 15.2. The van der Waals surface area contributed by atoms with Gasteiger partial charge in [0.25, 0.3) is 5.56 Å². The van der Waals surface area contributed by atoms with Crippen molar-refractivity contribution in [2.75, 3.05) is 13.7 Å². The fourth-order valence-electron chi connectivity index (χ4n) is 3.91. The number of methoxy groups -OCH3 is 1. The Labute approximate surface area is 152 Å². The van der Waals surface area contributed by atoms with E-state index in [0.717, 1.165) is 48.3 Å². The number of nitrogens with zero attached hydrogens (tertiary/aromatic N) is 3. The molecule has 6 nitrogen and oxygen atoms in total. The van der Waals surface area contributed by atoms with Crippen LogP contribution >= 0.6 is 0 Å². The van der Waals surface area contributed by atoms with Crippen LogP contribution in [-0.4, -0.2) is 34.2 Å². The number of amides is 1. The lowest BCUT2D eigenvalue weighted by atomic mass is 9.99. The van der Waals surface area contributed by atoms with Gasteiger partial charge in [0.05, 0.1) is 12.8 Å². The monoisotopic (exact) mass is 353 g/mol.